The van der Waals surface area contributed by atoms with Crippen LogP contribution in [-0.4, -0.2) is 23.3 Å². The van der Waals surface area contributed by atoms with Crippen molar-refractivity contribution in [1.29, 1.82) is 0 Å². The zero-order chi connectivity index (χ0) is 19.7. The minimum atomic E-state index is -0.634. The van der Waals surface area contributed by atoms with Crippen LogP contribution in [0.25, 0.3) is 32.7 Å². The van der Waals surface area contributed by atoms with E-state index in [1.807, 2.05) is 60.8 Å². The Morgan fingerprint density at radius 1 is 1.14 bits per heavy atom. The van der Waals surface area contributed by atoms with Crippen LogP contribution in [0.2, 0.25) is 0 Å². The first-order valence-electron chi connectivity index (χ1n) is 8.92. The quantitative estimate of drug-likeness (QED) is 0.474. The molecule has 2 heterocycles. The zero-order valence-corrected chi connectivity index (χ0v) is 16.4. The Hall–Kier alpha value is -2.99. The average molecular weight is 394 g/mol. The van der Waals surface area contributed by atoms with Crippen molar-refractivity contribution in [3.05, 3.63) is 69.8 Å². The molecule has 0 aliphatic rings. The number of alkyl halides is 1. The van der Waals surface area contributed by atoms with Crippen LogP contribution in [-0.2, 0) is 6.54 Å². The van der Waals surface area contributed by atoms with E-state index in [0.29, 0.717) is 21.8 Å². The lowest BCUT2D eigenvalue weighted by molar-refractivity contribution is 0.415. The van der Waals surface area contributed by atoms with E-state index in [1.54, 1.807) is 7.11 Å². The van der Waals surface area contributed by atoms with Crippen molar-refractivity contribution in [3.63, 3.8) is 0 Å². The minimum absolute atomic E-state index is 0.0293. The van der Waals surface area contributed by atoms with Crippen molar-refractivity contribution in [2.45, 2.75) is 13.5 Å². The maximum atomic E-state index is 13.3. The van der Waals surface area contributed by atoms with Gasteiger partial charge in [0.15, 0.2) is 0 Å². The number of rotatable bonds is 5. The monoisotopic (exact) mass is 394 g/mol. The number of hydrogen-bond donors (Lipinski definition) is 0. The molecule has 28 heavy (non-hydrogen) atoms. The van der Waals surface area contributed by atoms with Crippen molar-refractivity contribution in [2.24, 2.45) is 0 Å². The van der Waals surface area contributed by atoms with Crippen LogP contribution in [0.4, 0.5) is 4.39 Å². The number of methoxy groups -OCH3 is 1. The summed E-state index contributed by atoms with van der Waals surface area (Å²) in [5.74, 6) is 1.21. The van der Waals surface area contributed by atoms with Gasteiger partial charge in [0.2, 0.25) is 0 Å². The second-order valence-electron chi connectivity index (χ2n) is 6.51. The number of ether oxygens (including phenoxy) is 1. The van der Waals surface area contributed by atoms with E-state index in [4.69, 9.17) is 9.72 Å². The molecular weight excluding hydrogens is 375 g/mol. The highest BCUT2D eigenvalue weighted by Gasteiger charge is 2.18. The van der Waals surface area contributed by atoms with E-state index >= 15 is 0 Å². The van der Waals surface area contributed by atoms with Gasteiger partial charge in [-0.15, -0.1) is 11.3 Å². The molecule has 2 aromatic carbocycles. The molecule has 6 heteroatoms. The van der Waals surface area contributed by atoms with Crippen LogP contribution in [0.15, 0.2) is 58.7 Å². The van der Waals surface area contributed by atoms with Crippen molar-refractivity contribution >= 4 is 21.6 Å². The Kier molecular flexibility index (Phi) is 4.96. The molecule has 0 spiro atoms. The molecule has 0 radical (unpaired) electrons. The first kappa shape index (κ1) is 18.4. The molecule has 0 amide bonds. The van der Waals surface area contributed by atoms with Gasteiger partial charge >= 0.3 is 0 Å². The highest BCUT2D eigenvalue weighted by Crippen LogP contribution is 2.33. The lowest BCUT2D eigenvalue weighted by Gasteiger charge is -2.12. The number of thiophene rings is 1. The van der Waals surface area contributed by atoms with Gasteiger partial charge in [-0.05, 0) is 30.7 Å². The molecule has 0 aliphatic carbocycles. The van der Waals surface area contributed by atoms with E-state index in [-0.39, 0.29) is 12.1 Å². The van der Waals surface area contributed by atoms with Gasteiger partial charge in [-0.2, -0.15) is 0 Å². The molecule has 142 valence electrons. The Morgan fingerprint density at radius 3 is 2.68 bits per heavy atom. The predicted molar refractivity (Wildman–Crippen MR) is 112 cm³/mol. The number of aromatic nitrogens is 2. The molecule has 4 rings (SSSR count). The number of halogens is 1. The average Bonchev–Trinajstić information content (AvgIpc) is 3.14. The van der Waals surface area contributed by atoms with Gasteiger partial charge in [-0.25, -0.2) is 9.37 Å². The van der Waals surface area contributed by atoms with Gasteiger partial charge in [0, 0.05) is 16.5 Å². The zero-order valence-electron chi connectivity index (χ0n) is 15.6. The number of aryl methyl sites for hydroxylation is 1. The summed E-state index contributed by atoms with van der Waals surface area (Å²) in [6.45, 7) is 1.31. The molecule has 2 aromatic heterocycles. The summed E-state index contributed by atoms with van der Waals surface area (Å²) in [5, 5.41) is 2.44. The predicted octanol–water partition coefficient (Wildman–Crippen LogP) is 5.08. The summed E-state index contributed by atoms with van der Waals surface area (Å²) in [7, 11) is 1.61. The van der Waals surface area contributed by atoms with Crippen LogP contribution in [0.5, 0.6) is 5.75 Å². The smallest absolute Gasteiger partial charge is 0.263 e. The second-order valence-corrected chi connectivity index (χ2v) is 7.37. The lowest BCUT2D eigenvalue weighted by Crippen LogP contribution is -2.24. The topological polar surface area (TPSA) is 44.1 Å². The van der Waals surface area contributed by atoms with Gasteiger partial charge in [0.1, 0.15) is 23.1 Å². The molecule has 0 saturated heterocycles. The molecule has 4 aromatic rings. The molecule has 0 unspecified atom stereocenters. The molecule has 0 N–H and O–H groups in total. The summed E-state index contributed by atoms with van der Waals surface area (Å²) in [6, 6.07) is 15.3. The van der Waals surface area contributed by atoms with E-state index in [2.05, 4.69) is 0 Å². The first-order chi connectivity index (χ1) is 13.6. The minimum Gasteiger partial charge on any atom is -0.497 e. The largest absolute Gasteiger partial charge is 0.497 e. The fourth-order valence-corrected chi connectivity index (χ4v) is 4.26. The molecule has 0 bridgehead atoms. The molecule has 0 fully saturated rings. The molecule has 4 nitrogen and oxygen atoms in total. The van der Waals surface area contributed by atoms with Crippen LogP contribution >= 0.6 is 11.3 Å². The van der Waals surface area contributed by atoms with Crippen molar-refractivity contribution in [3.8, 4) is 28.3 Å². The van der Waals surface area contributed by atoms with Crippen LogP contribution in [0.1, 0.15) is 5.56 Å². The van der Waals surface area contributed by atoms with Crippen molar-refractivity contribution in [2.75, 3.05) is 13.8 Å². The van der Waals surface area contributed by atoms with Crippen molar-refractivity contribution in [1.82, 2.24) is 9.55 Å². The Morgan fingerprint density at radius 2 is 1.93 bits per heavy atom. The summed E-state index contributed by atoms with van der Waals surface area (Å²) in [6.07, 6.45) is 0. The fourth-order valence-electron chi connectivity index (χ4n) is 3.32. The molecule has 0 saturated carbocycles. The number of hydrogen-bond acceptors (Lipinski definition) is 4. The maximum Gasteiger partial charge on any atom is 0.263 e. The van der Waals surface area contributed by atoms with Gasteiger partial charge < -0.3 is 4.74 Å². The third kappa shape index (κ3) is 3.20. The number of fused-ring (bicyclic) bond motifs is 1. The maximum absolute atomic E-state index is 13.3. The van der Waals surface area contributed by atoms with Gasteiger partial charge in [-0.1, -0.05) is 35.9 Å². The van der Waals surface area contributed by atoms with Crippen LogP contribution in [0, 0.1) is 6.92 Å². The van der Waals surface area contributed by atoms with E-state index in [9.17, 15) is 9.18 Å². The summed E-state index contributed by atoms with van der Waals surface area (Å²) >= 11 is 1.42. The molecular formula is C22H19FN2O2S. The van der Waals surface area contributed by atoms with Crippen LogP contribution < -0.4 is 10.3 Å². The highest BCUT2D eigenvalue weighted by molar-refractivity contribution is 7.17. The van der Waals surface area contributed by atoms with Gasteiger partial charge in [-0.3, -0.25) is 9.36 Å². The van der Waals surface area contributed by atoms with E-state index < -0.39 is 6.67 Å². The molecule has 0 atom stereocenters. The van der Waals surface area contributed by atoms with Crippen molar-refractivity contribution < 1.29 is 9.13 Å². The lowest BCUT2D eigenvalue weighted by atomic mass is 10.1. The SMILES string of the molecule is COc1cccc(-c2csc3nc(-c4cccc(C)c4)n(CCF)c(=O)c23)c1. The first-order valence-corrected chi connectivity index (χ1v) is 9.80. The fraction of sp³-hybridized carbons (Fsp3) is 0.182. The number of benzene rings is 2. The standard InChI is InChI=1S/C22H19FN2O2S/c1-14-5-3-7-16(11-14)20-24-21-19(22(26)25(20)10-9-23)18(13-28-21)15-6-4-8-17(12-15)27-2/h3-8,11-13H,9-10H2,1-2H3. The normalized spacial score (nSPS) is 11.1. The van der Waals surface area contributed by atoms with E-state index in [0.717, 1.165) is 22.3 Å². The van der Waals surface area contributed by atoms with E-state index in [1.165, 1.54) is 15.9 Å². The molecule has 0 aliphatic heterocycles. The van der Waals surface area contributed by atoms with Gasteiger partial charge in [0.05, 0.1) is 19.0 Å². The second kappa shape index (κ2) is 7.56. The Labute approximate surface area is 165 Å². The third-order valence-electron chi connectivity index (χ3n) is 4.66. The van der Waals surface area contributed by atoms with Crippen LogP contribution in [0.3, 0.4) is 0 Å². The Balaban J connectivity index is 1.98. The summed E-state index contributed by atoms with van der Waals surface area (Å²) in [5.41, 5.74) is 3.31. The highest BCUT2D eigenvalue weighted by atomic mass is 32.1. The third-order valence-corrected chi connectivity index (χ3v) is 5.53. The summed E-state index contributed by atoms with van der Waals surface area (Å²) < 4.78 is 20.0. The summed E-state index contributed by atoms with van der Waals surface area (Å²) in [4.78, 5) is 18.7. The Bertz CT molecular complexity index is 1210. The van der Waals surface area contributed by atoms with Gasteiger partial charge in [0.25, 0.3) is 5.56 Å². The number of nitrogens with zero attached hydrogens (tertiary/aromatic N) is 2.